The van der Waals surface area contributed by atoms with E-state index in [9.17, 15) is 14.0 Å². The van der Waals surface area contributed by atoms with Gasteiger partial charge in [-0.25, -0.2) is 9.18 Å². The lowest BCUT2D eigenvalue weighted by Crippen LogP contribution is -2.40. The standard InChI is InChI=1S/C25H33FN6O2/c1-16(2)8-11-32-23(33)21-22(29(3)25(32)34)28-24(30-13-10-18-14-27-15-20(18)30)31(21)12-9-17-4-6-19(26)7-5-17/h4-7,16,18,20,27H,8-15H2,1-3H3. The van der Waals surface area contributed by atoms with E-state index in [-0.39, 0.29) is 17.1 Å². The summed E-state index contributed by atoms with van der Waals surface area (Å²) in [6, 6.07) is 6.80. The Labute approximate surface area is 198 Å². The smallest absolute Gasteiger partial charge is 0.332 e. The zero-order chi connectivity index (χ0) is 24.0. The number of aryl methyl sites for hydroxylation is 3. The fourth-order valence-corrected chi connectivity index (χ4v) is 5.37. The van der Waals surface area contributed by atoms with Crippen molar-refractivity contribution in [2.75, 3.05) is 24.5 Å². The van der Waals surface area contributed by atoms with Crippen LogP contribution in [0.3, 0.4) is 0 Å². The summed E-state index contributed by atoms with van der Waals surface area (Å²) in [6.45, 7) is 7.84. The average molecular weight is 469 g/mol. The number of hydrogen-bond acceptors (Lipinski definition) is 5. The molecular weight excluding hydrogens is 435 g/mol. The molecule has 4 heterocycles. The van der Waals surface area contributed by atoms with Crippen molar-refractivity contribution >= 4 is 17.1 Å². The largest absolute Gasteiger partial charge is 0.338 e. The minimum atomic E-state index is -0.324. The lowest BCUT2D eigenvalue weighted by Gasteiger charge is -2.25. The molecule has 3 aromatic rings. The number of halogens is 1. The maximum atomic E-state index is 13.7. The van der Waals surface area contributed by atoms with Gasteiger partial charge in [0.1, 0.15) is 5.82 Å². The summed E-state index contributed by atoms with van der Waals surface area (Å²) >= 11 is 0. The van der Waals surface area contributed by atoms with E-state index in [1.165, 1.54) is 21.3 Å². The molecule has 0 saturated carbocycles. The van der Waals surface area contributed by atoms with Gasteiger partial charge in [0.25, 0.3) is 5.56 Å². The molecule has 9 heteroatoms. The normalized spacial score (nSPS) is 20.1. The second-order valence-corrected chi connectivity index (χ2v) is 10.1. The van der Waals surface area contributed by atoms with Gasteiger partial charge >= 0.3 is 5.69 Å². The van der Waals surface area contributed by atoms with Crippen molar-refractivity contribution in [2.45, 2.75) is 52.2 Å². The second kappa shape index (κ2) is 9.02. The number of rotatable bonds is 7. The summed E-state index contributed by atoms with van der Waals surface area (Å²) in [5, 5.41) is 3.47. The first-order chi connectivity index (χ1) is 16.3. The van der Waals surface area contributed by atoms with Gasteiger partial charge in [0.2, 0.25) is 5.95 Å². The molecule has 0 bridgehead atoms. The molecule has 2 unspecified atom stereocenters. The quantitative estimate of drug-likeness (QED) is 0.575. The van der Waals surface area contributed by atoms with E-state index in [0.717, 1.165) is 44.0 Å². The van der Waals surface area contributed by atoms with Crippen molar-refractivity contribution in [3.8, 4) is 0 Å². The lowest BCUT2D eigenvalue weighted by atomic mass is 10.1. The van der Waals surface area contributed by atoms with Crippen LogP contribution in [0.1, 0.15) is 32.3 Å². The van der Waals surface area contributed by atoms with Crippen LogP contribution >= 0.6 is 0 Å². The van der Waals surface area contributed by atoms with Crippen molar-refractivity contribution in [3.63, 3.8) is 0 Å². The number of anilines is 1. The number of benzene rings is 1. The highest BCUT2D eigenvalue weighted by molar-refractivity contribution is 5.75. The average Bonchev–Trinajstić information content (AvgIpc) is 3.51. The monoisotopic (exact) mass is 468 g/mol. The van der Waals surface area contributed by atoms with Crippen LogP contribution in [0.5, 0.6) is 0 Å². The maximum absolute atomic E-state index is 13.7. The third-order valence-electron chi connectivity index (χ3n) is 7.38. The van der Waals surface area contributed by atoms with Crippen LogP contribution in [-0.4, -0.2) is 44.4 Å². The molecule has 2 atom stereocenters. The first kappa shape index (κ1) is 22.8. The van der Waals surface area contributed by atoms with Gasteiger partial charge in [-0.3, -0.25) is 13.9 Å². The van der Waals surface area contributed by atoms with Gasteiger partial charge in [-0.1, -0.05) is 26.0 Å². The van der Waals surface area contributed by atoms with Crippen LogP contribution in [0, 0.1) is 17.7 Å². The summed E-state index contributed by atoms with van der Waals surface area (Å²) in [5.41, 5.74) is 1.28. The van der Waals surface area contributed by atoms with Gasteiger partial charge in [0, 0.05) is 45.8 Å². The molecule has 2 aliphatic rings. The van der Waals surface area contributed by atoms with Crippen LogP contribution in [0.2, 0.25) is 0 Å². The number of fused-ring (bicyclic) bond motifs is 2. The third kappa shape index (κ3) is 3.96. The topological polar surface area (TPSA) is 77.1 Å². The molecule has 2 aliphatic heterocycles. The zero-order valence-electron chi connectivity index (χ0n) is 20.1. The van der Waals surface area contributed by atoms with Gasteiger partial charge < -0.3 is 14.8 Å². The van der Waals surface area contributed by atoms with Crippen molar-refractivity contribution in [3.05, 3.63) is 56.5 Å². The van der Waals surface area contributed by atoms with Gasteiger partial charge in [0.05, 0.1) is 0 Å². The molecule has 182 valence electrons. The third-order valence-corrected chi connectivity index (χ3v) is 7.38. The Balaban J connectivity index is 1.63. The van der Waals surface area contributed by atoms with Crippen molar-refractivity contribution in [1.29, 1.82) is 0 Å². The van der Waals surface area contributed by atoms with Crippen molar-refractivity contribution in [2.24, 2.45) is 18.9 Å². The van der Waals surface area contributed by atoms with Gasteiger partial charge in [-0.2, -0.15) is 4.98 Å². The molecule has 0 spiro atoms. The number of nitrogens with zero attached hydrogens (tertiary/aromatic N) is 5. The number of hydrogen-bond donors (Lipinski definition) is 1. The van der Waals surface area contributed by atoms with Crippen molar-refractivity contribution < 1.29 is 4.39 Å². The molecule has 0 amide bonds. The number of imidazole rings is 1. The van der Waals surface area contributed by atoms with Gasteiger partial charge in [0.15, 0.2) is 11.2 Å². The number of aromatic nitrogens is 4. The second-order valence-electron chi connectivity index (χ2n) is 10.1. The number of nitrogens with one attached hydrogen (secondary N) is 1. The van der Waals surface area contributed by atoms with Crippen LogP contribution in [0.15, 0.2) is 33.9 Å². The highest BCUT2D eigenvalue weighted by Gasteiger charge is 2.40. The van der Waals surface area contributed by atoms with E-state index in [1.54, 1.807) is 19.2 Å². The van der Waals surface area contributed by atoms with Crippen LogP contribution in [0.25, 0.3) is 11.2 Å². The summed E-state index contributed by atoms with van der Waals surface area (Å²) in [4.78, 5) is 33.9. The zero-order valence-corrected chi connectivity index (χ0v) is 20.1. The summed E-state index contributed by atoms with van der Waals surface area (Å²) in [7, 11) is 1.70. The minimum absolute atomic E-state index is 0.266. The molecule has 8 nitrogen and oxygen atoms in total. The molecule has 1 aromatic carbocycles. The molecule has 34 heavy (non-hydrogen) atoms. The van der Waals surface area contributed by atoms with Crippen LogP contribution < -0.4 is 21.5 Å². The lowest BCUT2D eigenvalue weighted by molar-refractivity contribution is 0.487. The maximum Gasteiger partial charge on any atom is 0.332 e. The Kier molecular flexibility index (Phi) is 6.06. The molecular formula is C25H33FN6O2. The fourth-order valence-electron chi connectivity index (χ4n) is 5.37. The summed E-state index contributed by atoms with van der Waals surface area (Å²) in [5.74, 6) is 1.43. The predicted octanol–water partition coefficient (Wildman–Crippen LogP) is 2.12. The Morgan fingerprint density at radius 1 is 1.12 bits per heavy atom. The van der Waals surface area contributed by atoms with Crippen LogP contribution in [-0.2, 0) is 26.6 Å². The van der Waals surface area contributed by atoms with Crippen LogP contribution in [0.4, 0.5) is 10.3 Å². The Morgan fingerprint density at radius 3 is 2.62 bits per heavy atom. The molecule has 2 fully saturated rings. The molecule has 2 saturated heterocycles. The highest BCUT2D eigenvalue weighted by atomic mass is 19.1. The summed E-state index contributed by atoms with van der Waals surface area (Å²) in [6.07, 6.45) is 2.46. The first-order valence-electron chi connectivity index (χ1n) is 12.3. The fraction of sp³-hybridized carbons (Fsp3) is 0.560. The van der Waals surface area contributed by atoms with Gasteiger partial charge in [-0.15, -0.1) is 0 Å². The molecule has 2 aromatic heterocycles. The molecule has 5 rings (SSSR count). The van der Waals surface area contributed by atoms with E-state index in [1.807, 2.05) is 4.57 Å². The van der Waals surface area contributed by atoms with E-state index >= 15 is 0 Å². The Hall–Kier alpha value is -2.94. The highest BCUT2D eigenvalue weighted by Crippen LogP contribution is 2.33. The Bertz CT molecular complexity index is 1310. The molecule has 0 radical (unpaired) electrons. The van der Waals surface area contributed by atoms with E-state index < -0.39 is 0 Å². The Morgan fingerprint density at radius 2 is 1.88 bits per heavy atom. The van der Waals surface area contributed by atoms with E-state index in [0.29, 0.717) is 48.6 Å². The SMILES string of the molecule is CC(C)CCn1c(=O)c2c(nc(N3CCC4CNCC43)n2CCc2ccc(F)cc2)n(C)c1=O. The minimum Gasteiger partial charge on any atom is -0.338 e. The first-order valence-corrected chi connectivity index (χ1v) is 12.3. The van der Waals surface area contributed by atoms with E-state index in [2.05, 4.69) is 24.1 Å². The van der Waals surface area contributed by atoms with Gasteiger partial charge in [-0.05, 0) is 48.8 Å². The molecule has 1 N–H and O–H groups in total. The van der Waals surface area contributed by atoms with E-state index in [4.69, 9.17) is 4.98 Å². The predicted molar refractivity (Wildman–Crippen MR) is 131 cm³/mol. The molecule has 0 aliphatic carbocycles. The summed E-state index contributed by atoms with van der Waals surface area (Å²) < 4.78 is 18.3. The van der Waals surface area contributed by atoms with Crippen molar-refractivity contribution in [1.82, 2.24) is 24.0 Å².